The van der Waals surface area contributed by atoms with Gasteiger partial charge in [0.15, 0.2) is 5.03 Å². The maximum absolute atomic E-state index is 13.2. The molecule has 0 atom stereocenters. The van der Waals surface area contributed by atoms with Gasteiger partial charge in [0.25, 0.3) is 10.0 Å². The lowest BCUT2D eigenvalue weighted by Gasteiger charge is -2.22. The number of carbonyl (C=O) groups is 1. The molecule has 0 unspecified atom stereocenters. The van der Waals surface area contributed by atoms with Crippen molar-refractivity contribution < 1.29 is 18.3 Å². The maximum Gasteiger partial charge on any atom is 0.303 e. The third-order valence-electron chi connectivity index (χ3n) is 4.89. The van der Waals surface area contributed by atoms with E-state index in [1.54, 1.807) is 24.7 Å². The third-order valence-corrected chi connectivity index (χ3v) is 6.65. The Morgan fingerprint density at radius 2 is 1.77 bits per heavy atom. The van der Waals surface area contributed by atoms with E-state index in [0.29, 0.717) is 19.4 Å². The van der Waals surface area contributed by atoms with Crippen molar-refractivity contribution >= 4 is 16.0 Å². The van der Waals surface area contributed by atoms with Crippen molar-refractivity contribution in [2.75, 3.05) is 6.54 Å². The normalized spacial score (nSPS) is 11.6. The Labute approximate surface area is 182 Å². The van der Waals surface area contributed by atoms with Gasteiger partial charge in [-0.05, 0) is 42.7 Å². The van der Waals surface area contributed by atoms with E-state index < -0.39 is 16.0 Å². The van der Waals surface area contributed by atoms with Crippen molar-refractivity contribution in [2.45, 2.75) is 43.7 Å². The summed E-state index contributed by atoms with van der Waals surface area (Å²) in [5, 5.41) is 8.76. The third kappa shape index (κ3) is 6.47. The molecule has 31 heavy (non-hydrogen) atoms. The fraction of sp³-hybridized carbons (Fsp3) is 0.318. The number of carboxylic acids is 1. The first-order valence-corrected chi connectivity index (χ1v) is 11.6. The number of carboxylic acid groups (broad SMARTS) is 1. The minimum absolute atomic E-state index is 0.0240. The lowest BCUT2D eigenvalue weighted by atomic mass is 10.1. The Morgan fingerprint density at radius 3 is 2.42 bits per heavy atom. The lowest BCUT2D eigenvalue weighted by molar-refractivity contribution is -0.137. The minimum atomic E-state index is -3.75. The Kier molecular flexibility index (Phi) is 7.91. The van der Waals surface area contributed by atoms with Crippen LogP contribution in [0.2, 0.25) is 0 Å². The van der Waals surface area contributed by atoms with Crippen LogP contribution < -0.4 is 0 Å². The van der Waals surface area contributed by atoms with E-state index in [1.807, 2.05) is 35.0 Å². The molecular formula is C22H26N4O4S. The van der Waals surface area contributed by atoms with Crippen LogP contribution in [0.1, 0.15) is 37.7 Å². The highest BCUT2D eigenvalue weighted by Crippen LogP contribution is 2.19. The second kappa shape index (κ2) is 10.8. The largest absolute Gasteiger partial charge is 0.481 e. The number of pyridine rings is 1. The van der Waals surface area contributed by atoms with Crippen molar-refractivity contribution in [3.8, 4) is 5.69 Å². The van der Waals surface area contributed by atoms with Gasteiger partial charge in [-0.2, -0.15) is 4.31 Å². The molecule has 1 N–H and O–H groups in total. The topological polar surface area (TPSA) is 105 Å². The Morgan fingerprint density at radius 1 is 1.00 bits per heavy atom. The Balaban J connectivity index is 1.70. The van der Waals surface area contributed by atoms with Gasteiger partial charge in [-0.15, -0.1) is 0 Å². The predicted octanol–water partition coefficient (Wildman–Crippen LogP) is 3.49. The summed E-state index contributed by atoms with van der Waals surface area (Å²) in [6.45, 7) is 0.577. The fourth-order valence-corrected chi connectivity index (χ4v) is 4.62. The highest BCUT2D eigenvalue weighted by molar-refractivity contribution is 7.89. The molecule has 0 amide bonds. The van der Waals surface area contributed by atoms with E-state index in [0.717, 1.165) is 24.1 Å². The van der Waals surface area contributed by atoms with Gasteiger partial charge in [0.2, 0.25) is 0 Å². The molecule has 0 aliphatic rings. The van der Waals surface area contributed by atoms with Gasteiger partial charge in [0, 0.05) is 43.8 Å². The molecule has 3 aromatic rings. The van der Waals surface area contributed by atoms with Crippen molar-refractivity contribution in [1.29, 1.82) is 0 Å². The molecule has 0 aliphatic heterocycles. The maximum atomic E-state index is 13.2. The molecule has 0 radical (unpaired) electrons. The summed E-state index contributed by atoms with van der Waals surface area (Å²) in [5.74, 6) is -0.807. The number of hydrogen-bond acceptors (Lipinski definition) is 5. The molecule has 0 saturated carbocycles. The molecule has 8 nitrogen and oxygen atoms in total. The SMILES string of the molecule is O=C(O)CCCCCCN(Cc1ccc(-n2ccnc2)cc1)S(=O)(=O)c1ccccn1. The van der Waals surface area contributed by atoms with E-state index in [2.05, 4.69) is 9.97 Å². The van der Waals surface area contributed by atoms with E-state index in [4.69, 9.17) is 5.11 Å². The van der Waals surface area contributed by atoms with Crippen LogP contribution in [0, 0.1) is 0 Å². The van der Waals surface area contributed by atoms with E-state index in [1.165, 1.54) is 16.6 Å². The van der Waals surface area contributed by atoms with Gasteiger partial charge in [0.1, 0.15) is 0 Å². The van der Waals surface area contributed by atoms with Gasteiger partial charge < -0.3 is 9.67 Å². The molecule has 0 fully saturated rings. The molecule has 0 aliphatic carbocycles. The van der Waals surface area contributed by atoms with Crippen LogP contribution in [0.5, 0.6) is 0 Å². The summed E-state index contributed by atoms with van der Waals surface area (Å²) in [6.07, 6.45) is 9.62. The minimum Gasteiger partial charge on any atom is -0.481 e. The first kappa shape index (κ1) is 22.6. The molecule has 9 heteroatoms. The second-order valence-electron chi connectivity index (χ2n) is 7.20. The van der Waals surface area contributed by atoms with Crippen LogP contribution >= 0.6 is 0 Å². The molecular weight excluding hydrogens is 416 g/mol. The van der Waals surface area contributed by atoms with Crippen LogP contribution in [0.3, 0.4) is 0 Å². The molecule has 1 aromatic carbocycles. The average Bonchev–Trinajstić information content (AvgIpc) is 3.31. The molecule has 0 saturated heterocycles. The van der Waals surface area contributed by atoms with Crippen molar-refractivity contribution in [3.63, 3.8) is 0 Å². The number of rotatable bonds is 12. The number of hydrogen-bond donors (Lipinski definition) is 1. The smallest absolute Gasteiger partial charge is 0.303 e. The van der Waals surface area contributed by atoms with Gasteiger partial charge >= 0.3 is 5.97 Å². The molecule has 164 valence electrons. The van der Waals surface area contributed by atoms with Crippen molar-refractivity contribution in [2.24, 2.45) is 0 Å². The Bertz CT molecular complexity index is 1050. The number of imidazole rings is 1. The first-order valence-electron chi connectivity index (χ1n) is 10.2. The standard InChI is InChI=1S/C22H26N4O4S/c27-22(28)8-3-1-2-6-15-26(31(29,30)21-7-4-5-13-24-21)17-19-9-11-20(12-10-19)25-16-14-23-18-25/h4-5,7,9-14,16,18H,1-3,6,8,15,17H2,(H,27,28). The zero-order valence-electron chi connectivity index (χ0n) is 17.2. The molecule has 0 bridgehead atoms. The van der Waals surface area contributed by atoms with Crippen LogP contribution in [-0.2, 0) is 21.4 Å². The van der Waals surface area contributed by atoms with E-state index in [9.17, 15) is 13.2 Å². The van der Waals surface area contributed by atoms with Crippen LogP contribution in [0.4, 0.5) is 0 Å². The molecule has 2 aromatic heterocycles. The second-order valence-corrected chi connectivity index (χ2v) is 9.09. The average molecular weight is 443 g/mol. The molecule has 2 heterocycles. The number of aliphatic carboxylic acids is 1. The highest BCUT2D eigenvalue weighted by Gasteiger charge is 2.25. The van der Waals surface area contributed by atoms with Gasteiger partial charge in [0.05, 0.1) is 6.33 Å². The summed E-state index contributed by atoms with van der Waals surface area (Å²) >= 11 is 0. The van der Waals surface area contributed by atoms with E-state index >= 15 is 0 Å². The predicted molar refractivity (Wildman–Crippen MR) is 116 cm³/mol. The van der Waals surface area contributed by atoms with Gasteiger partial charge in [-0.25, -0.2) is 18.4 Å². The van der Waals surface area contributed by atoms with Crippen LogP contribution in [0.15, 0.2) is 72.4 Å². The van der Waals surface area contributed by atoms with Crippen molar-refractivity contribution in [1.82, 2.24) is 18.8 Å². The van der Waals surface area contributed by atoms with Crippen molar-refractivity contribution in [3.05, 3.63) is 72.9 Å². The van der Waals surface area contributed by atoms with Crippen LogP contribution in [-0.4, -0.2) is 44.9 Å². The summed E-state index contributed by atoms with van der Waals surface area (Å²) in [7, 11) is -3.75. The van der Waals surface area contributed by atoms with Crippen LogP contribution in [0.25, 0.3) is 5.69 Å². The first-order chi connectivity index (χ1) is 15.0. The van der Waals surface area contributed by atoms with Gasteiger partial charge in [-0.1, -0.05) is 31.0 Å². The van der Waals surface area contributed by atoms with Gasteiger partial charge in [-0.3, -0.25) is 4.79 Å². The number of unbranched alkanes of at least 4 members (excludes halogenated alkanes) is 3. The molecule has 3 rings (SSSR count). The van der Waals surface area contributed by atoms with E-state index in [-0.39, 0.29) is 18.0 Å². The number of benzene rings is 1. The number of sulfonamides is 1. The fourth-order valence-electron chi connectivity index (χ4n) is 3.22. The zero-order valence-corrected chi connectivity index (χ0v) is 18.0. The molecule has 0 spiro atoms. The summed E-state index contributed by atoms with van der Waals surface area (Å²) in [6, 6.07) is 12.5. The lowest BCUT2D eigenvalue weighted by Crippen LogP contribution is -2.32. The summed E-state index contributed by atoms with van der Waals surface area (Å²) < 4.78 is 29.7. The zero-order chi connectivity index (χ0) is 22.1. The summed E-state index contributed by atoms with van der Waals surface area (Å²) in [5.41, 5.74) is 1.81. The highest BCUT2D eigenvalue weighted by atomic mass is 32.2. The summed E-state index contributed by atoms with van der Waals surface area (Å²) in [4.78, 5) is 18.7. The Hall–Kier alpha value is -3.04. The number of aromatic nitrogens is 3. The quantitative estimate of drug-likeness (QED) is 0.431. The monoisotopic (exact) mass is 442 g/mol. The number of nitrogens with zero attached hydrogens (tertiary/aromatic N) is 4.